The van der Waals surface area contributed by atoms with Gasteiger partial charge in [0, 0.05) is 16.3 Å². The van der Waals surface area contributed by atoms with Crippen LogP contribution in [0.5, 0.6) is 0 Å². The van der Waals surface area contributed by atoms with Crippen molar-refractivity contribution in [3.63, 3.8) is 0 Å². The fourth-order valence-corrected chi connectivity index (χ4v) is 2.49. The van der Waals surface area contributed by atoms with E-state index in [-0.39, 0.29) is 0 Å². The van der Waals surface area contributed by atoms with Crippen molar-refractivity contribution in [2.45, 2.75) is 0 Å². The van der Waals surface area contributed by atoms with E-state index >= 15 is 0 Å². The van der Waals surface area contributed by atoms with Crippen molar-refractivity contribution in [2.24, 2.45) is 0 Å². The minimum absolute atomic E-state index is 0.569. The molecule has 0 amide bonds. The molecule has 2 aromatic heterocycles. The second-order valence-corrected chi connectivity index (χ2v) is 5.10. The van der Waals surface area contributed by atoms with E-state index in [0.717, 1.165) is 16.3 Å². The Labute approximate surface area is 112 Å². The minimum atomic E-state index is 0.569. The minimum Gasteiger partial charge on any atom is -0.398 e. The SMILES string of the molecule is Nc1cc(Cl)ccc1-c1n[nH]c(-c2cccs2)n1. The number of nitrogens with one attached hydrogen (secondary N) is 1. The van der Waals surface area contributed by atoms with Crippen LogP contribution in [0.1, 0.15) is 0 Å². The monoisotopic (exact) mass is 276 g/mol. The lowest BCUT2D eigenvalue weighted by atomic mass is 10.2. The summed E-state index contributed by atoms with van der Waals surface area (Å²) in [5.74, 6) is 1.32. The van der Waals surface area contributed by atoms with Crippen molar-refractivity contribution >= 4 is 28.6 Å². The Morgan fingerprint density at radius 2 is 2.17 bits per heavy atom. The first-order valence-electron chi connectivity index (χ1n) is 5.26. The van der Waals surface area contributed by atoms with Crippen LogP contribution in [0.4, 0.5) is 5.69 Å². The summed E-state index contributed by atoms with van der Waals surface area (Å²) in [5, 5.41) is 9.69. The highest BCUT2D eigenvalue weighted by Crippen LogP contribution is 2.28. The summed E-state index contributed by atoms with van der Waals surface area (Å²) in [7, 11) is 0. The van der Waals surface area contributed by atoms with Crippen LogP contribution in [0, 0.1) is 0 Å². The molecule has 0 aliphatic rings. The van der Waals surface area contributed by atoms with Crippen LogP contribution in [-0.2, 0) is 0 Å². The Morgan fingerprint density at radius 3 is 2.89 bits per heavy atom. The van der Waals surface area contributed by atoms with Gasteiger partial charge in [0.25, 0.3) is 0 Å². The quantitative estimate of drug-likeness (QED) is 0.705. The van der Waals surface area contributed by atoms with E-state index in [9.17, 15) is 0 Å². The number of rotatable bonds is 2. The fourth-order valence-electron chi connectivity index (χ4n) is 1.64. The molecule has 0 fully saturated rings. The summed E-state index contributed by atoms with van der Waals surface area (Å²) in [6.45, 7) is 0. The van der Waals surface area contributed by atoms with Crippen molar-refractivity contribution in [2.75, 3.05) is 5.73 Å². The van der Waals surface area contributed by atoms with E-state index in [1.165, 1.54) is 0 Å². The first-order valence-corrected chi connectivity index (χ1v) is 6.51. The van der Waals surface area contributed by atoms with Gasteiger partial charge in [-0.3, -0.25) is 5.10 Å². The molecular formula is C12H9ClN4S. The molecule has 6 heteroatoms. The summed E-state index contributed by atoms with van der Waals surface area (Å²) in [4.78, 5) is 5.48. The maximum absolute atomic E-state index is 5.91. The van der Waals surface area contributed by atoms with Gasteiger partial charge >= 0.3 is 0 Å². The van der Waals surface area contributed by atoms with Crippen molar-refractivity contribution in [1.29, 1.82) is 0 Å². The average molecular weight is 277 g/mol. The lowest BCUT2D eigenvalue weighted by molar-refractivity contribution is 1.10. The smallest absolute Gasteiger partial charge is 0.183 e. The predicted molar refractivity (Wildman–Crippen MR) is 74.6 cm³/mol. The van der Waals surface area contributed by atoms with E-state index in [0.29, 0.717) is 16.5 Å². The third-order valence-electron chi connectivity index (χ3n) is 2.49. The third-order valence-corrected chi connectivity index (χ3v) is 3.61. The number of anilines is 1. The molecule has 1 aromatic carbocycles. The second kappa shape index (κ2) is 4.44. The highest BCUT2D eigenvalue weighted by Gasteiger charge is 2.11. The highest BCUT2D eigenvalue weighted by molar-refractivity contribution is 7.13. The Bertz CT molecular complexity index is 675. The summed E-state index contributed by atoms with van der Waals surface area (Å²) in [6, 6.07) is 9.24. The number of nitrogens with two attached hydrogens (primary N) is 1. The molecule has 0 bridgehead atoms. The molecule has 18 heavy (non-hydrogen) atoms. The van der Waals surface area contributed by atoms with Crippen LogP contribution in [0.3, 0.4) is 0 Å². The number of hydrogen-bond acceptors (Lipinski definition) is 4. The molecule has 0 saturated heterocycles. The maximum Gasteiger partial charge on any atom is 0.183 e. The number of hydrogen-bond donors (Lipinski definition) is 2. The highest BCUT2D eigenvalue weighted by atomic mass is 35.5. The molecule has 2 heterocycles. The molecular weight excluding hydrogens is 268 g/mol. The Hall–Kier alpha value is -1.85. The molecule has 0 saturated carbocycles. The van der Waals surface area contributed by atoms with Crippen molar-refractivity contribution in [1.82, 2.24) is 15.2 Å². The molecule has 90 valence electrons. The predicted octanol–water partition coefficient (Wildman–Crippen LogP) is 3.44. The van der Waals surface area contributed by atoms with Crippen LogP contribution in [0.2, 0.25) is 5.02 Å². The Morgan fingerprint density at radius 1 is 1.28 bits per heavy atom. The number of benzene rings is 1. The maximum atomic E-state index is 5.91. The summed E-state index contributed by atoms with van der Waals surface area (Å²) >= 11 is 7.47. The molecule has 3 N–H and O–H groups in total. The Kier molecular flexibility index (Phi) is 2.77. The third kappa shape index (κ3) is 1.98. The molecule has 0 aliphatic heterocycles. The van der Waals surface area contributed by atoms with Crippen LogP contribution < -0.4 is 5.73 Å². The zero-order valence-electron chi connectivity index (χ0n) is 9.22. The van der Waals surface area contributed by atoms with Crippen LogP contribution in [-0.4, -0.2) is 15.2 Å². The molecule has 3 rings (SSSR count). The van der Waals surface area contributed by atoms with Gasteiger partial charge in [0.15, 0.2) is 11.6 Å². The number of thiophene rings is 1. The van der Waals surface area contributed by atoms with Gasteiger partial charge in [0.05, 0.1) is 4.88 Å². The van der Waals surface area contributed by atoms with E-state index in [4.69, 9.17) is 17.3 Å². The number of H-pyrrole nitrogens is 1. The number of nitrogens with zero attached hydrogens (tertiary/aromatic N) is 2. The van der Waals surface area contributed by atoms with Gasteiger partial charge in [0.1, 0.15) is 0 Å². The zero-order chi connectivity index (χ0) is 12.5. The van der Waals surface area contributed by atoms with Crippen molar-refractivity contribution in [3.8, 4) is 22.1 Å². The molecule has 0 atom stereocenters. The van der Waals surface area contributed by atoms with Gasteiger partial charge < -0.3 is 5.73 Å². The fraction of sp³-hybridized carbons (Fsp3) is 0. The molecule has 0 radical (unpaired) electrons. The first-order chi connectivity index (χ1) is 8.74. The number of aromatic amines is 1. The largest absolute Gasteiger partial charge is 0.398 e. The zero-order valence-corrected chi connectivity index (χ0v) is 10.8. The molecule has 0 spiro atoms. The molecule has 4 nitrogen and oxygen atoms in total. The van der Waals surface area contributed by atoms with E-state index in [1.54, 1.807) is 23.5 Å². The van der Waals surface area contributed by atoms with Crippen LogP contribution in [0.15, 0.2) is 35.7 Å². The van der Waals surface area contributed by atoms with Crippen LogP contribution in [0.25, 0.3) is 22.1 Å². The lowest BCUT2D eigenvalue weighted by Crippen LogP contribution is -1.91. The van der Waals surface area contributed by atoms with Crippen molar-refractivity contribution in [3.05, 3.63) is 40.7 Å². The summed E-state index contributed by atoms with van der Waals surface area (Å²) in [6.07, 6.45) is 0. The van der Waals surface area contributed by atoms with Gasteiger partial charge in [-0.2, -0.15) is 5.10 Å². The van der Waals surface area contributed by atoms with Gasteiger partial charge in [-0.1, -0.05) is 17.7 Å². The summed E-state index contributed by atoms with van der Waals surface area (Å²) < 4.78 is 0. The lowest BCUT2D eigenvalue weighted by Gasteiger charge is -2.00. The Balaban J connectivity index is 2.03. The van der Waals surface area contributed by atoms with Gasteiger partial charge in [-0.25, -0.2) is 4.98 Å². The van der Waals surface area contributed by atoms with Gasteiger partial charge in [-0.15, -0.1) is 11.3 Å². The molecule has 3 aromatic rings. The van der Waals surface area contributed by atoms with E-state index in [1.807, 2.05) is 23.6 Å². The average Bonchev–Trinajstić information content (AvgIpc) is 2.99. The standard InChI is InChI=1S/C12H9ClN4S/c13-7-3-4-8(9(14)6-7)11-15-12(17-16-11)10-2-1-5-18-10/h1-6H,14H2,(H,15,16,17). The number of halogens is 1. The first kappa shape index (κ1) is 11.3. The number of nitrogen functional groups attached to an aromatic ring is 1. The molecule has 0 aliphatic carbocycles. The van der Waals surface area contributed by atoms with Gasteiger partial charge in [-0.05, 0) is 29.6 Å². The topological polar surface area (TPSA) is 67.6 Å². The van der Waals surface area contributed by atoms with Gasteiger partial charge in [0.2, 0.25) is 0 Å². The molecule has 0 unspecified atom stereocenters. The van der Waals surface area contributed by atoms with Crippen molar-refractivity contribution < 1.29 is 0 Å². The number of aromatic nitrogens is 3. The normalized spacial score (nSPS) is 10.7. The summed E-state index contributed by atoms with van der Waals surface area (Å²) in [5.41, 5.74) is 7.25. The second-order valence-electron chi connectivity index (χ2n) is 3.72. The van der Waals surface area contributed by atoms with E-state index < -0.39 is 0 Å². The van der Waals surface area contributed by atoms with E-state index in [2.05, 4.69) is 15.2 Å². The van der Waals surface area contributed by atoms with Crippen LogP contribution >= 0.6 is 22.9 Å².